The number of rotatable bonds is 4. The molecule has 1 aromatic rings. The first-order valence-electron chi connectivity index (χ1n) is 7.06. The highest BCUT2D eigenvalue weighted by atomic mass is 35.5. The van der Waals surface area contributed by atoms with Crippen LogP contribution in [0.4, 0.5) is 0 Å². The smallest absolute Gasteiger partial charge is 0.230 e. The van der Waals surface area contributed by atoms with Crippen molar-refractivity contribution in [2.75, 3.05) is 19.6 Å². The maximum atomic E-state index is 12.6. The molecule has 3 rings (SSSR count). The molecule has 1 heterocycles. The van der Waals surface area contributed by atoms with Crippen molar-refractivity contribution in [2.24, 2.45) is 5.92 Å². The highest BCUT2D eigenvalue weighted by Crippen LogP contribution is 2.45. The van der Waals surface area contributed by atoms with Gasteiger partial charge in [0.15, 0.2) is 0 Å². The van der Waals surface area contributed by atoms with Gasteiger partial charge >= 0.3 is 0 Å². The van der Waals surface area contributed by atoms with Crippen molar-refractivity contribution < 1.29 is 4.79 Å². The number of halogens is 2. The lowest BCUT2D eigenvalue weighted by molar-refractivity contribution is -0.130. The maximum absolute atomic E-state index is 12.6. The molecule has 1 saturated carbocycles. The van der Waals surface area contributed by atoms with Crippen LogP contribution in [-0.4, -0.2) is 25.5 Å². The number of benzene rings is 1. The molecular weight excluding hydrogens is 295 g/mol. The lowest BCUT2D eigenvalue weighted by Gasteiger charge is -2.41. The van der Waals surface area contributed by atoms with Gasteiger partial charge in [0, 0.05) is 25.6 Å². The summed E-state index contributed by atoms with van der Waals surface area (Å²) in [6.45, 7) is 2.76. The maximum Gasteiger partial charge on any atom is 0.230 e. The summed E-state index contributed by atoms with van der Waals surface area (Å²) in [6.07, 6.45) is 2.86. The molecule has 1 aliphatic heterocycles. The number of hydrogen-bond donors (Lipinski definition) is 2. The first-order chi connectivity index (χ1) is 9.62. The molecule has 0 atom stereocenters. The van der Waals surface area contributed by atoms with Gasteiger partial charge in [-0.25, -0.2) is 0 Å². The van der Waals surface area contributed by atoms with Crippen LogP contribution in [0.15, 0.2) is 18.2 Å². The summed E-state index contributed by atoms with van der Waals surface area (Å²) in [4.78, 5) is 12.6. The van der Waals surface area contributed by atoms with E-state index in [4.69, 9.17) is 23.2 Å². The molecule has 5 heteroatoms. The van der Waals surface area contributed by atoms with E-state index in [1.807, 2.05) is 12.1 Å². The van der Waals surface area contributed by atoms with Gasteiger partial charge in [0.05, 0.1) is 15.5 Å². The second-order valence-corrected chi connectivity index (χ2v) is 6.61. The Kier molecular flexibility index (Phi) is 3.93. The number of nitrogens with one attached hydrogen (secondary N) is 2. The van der Waals surface area contributed by atoms with Crippen LogP contribution >= 0.6 is 23.2 Å². The lowest BCUT2D eigenvalue weighted by Crippen LogP contribution is -2.54. The van der Waals surface area contributed by atoms with Gasteiger partial charge in [-0.3, -0.25) is 4.79 Å². The van der Waals surface area contributed by atoms with Crippen molar-refractivity contribution in [3.05, 3.63) is 33.8 Å². The minimum absolute atomic E-state index is 0.133. The molecule has 1 aliphatic carbocycles. The molecule has 3 nitrogen and oxygen atoms in total. The Hall–Kier alpha value is -0.770. The minimum Gasteiger partial charge on any atom is -0.355 e. The van der Waals surface area contributed by atoms with Crippen LogP contribution in [0.25, 0.3) is 0 Å². The van der Waals surface area contributed by atoms with Crippen molar-refractivity contribution in [1.29, 1.82) is 0 Å². The highest BCUT2D eigenvalue weighted by Gasteiger charge is 2.45. The predicted molar refractivity (Wildman–Crippen MR) is 81.4 cm³/mol. The summed E-state index contributed by atoms with van der Waals surface area (Å²) in [7, 11) is 0. The fraction of sp³-hybridized carbons (Fsp3) is 0.533. The van der Waals surface area contributed by atoms with Gasteiger partial charge in [0.1, 0.15) is 0 Å². The Morgan fingerprint density at radius 3 is 2.55 bits per heavy atom. The molecule has 0 aromatic heterocycles. The second kappa shape index (κ2) is 5.55. The molecule has 1 aromatic carbocycles. The van der Waals surface area contributed by atoms with Crippen LogP contribution in [0.5, 0.6) is 0 Å². The Morgan fingerprint density at radius 1 is 1.30 bits per heavy atom. The Bertz CT molecular complexity index is 525. The Balaban J connectivity index is 1.75. The molecule has 0 spiro atoms. The van der Waals surface area contributed by atoms with Gasteiger partial charge in [-0.2, -0.15) is 0 Å². The highest BCUT2D eigenvalue weighted by molar-refractivity contribution is 6.42. The molecule has 2 fully saturated rings. The number of carbonyl (C=O) groups is 1. The van der Waals surface area contributed by atoms with E-state index in [0.29, 0.717) is 16.0 Å². The Morgan fingerprint density at radius 2 is 2.05 bits per heavy atom. The van der Waals surface area contributed by atoms with Crippen molar-refractivity contribution in [3.63, 3.8) is 0 Å². The minimum atomic E-state index is -0.397. The van der Waals surface area contributed by atoms with Crippen molar-refractivity contribution >= 4 is 29.1 Å². The summed E-state index contributed by atoms with van der Waals surface area (Å²) in [5, 5.41) is 7.37. The third kappa shape index (κ3) is 2.43. The van der Waals surface area contributed by atoms with Crippen LogP contribution in [-0.2, 0) is 10.2 Å². The van der Waals surface area contributed by atoms with Crippen LogP contribution in [0.3, 0.4) is 0 Å². The van der Waals surface area contributed by atoms with Gasteiger partial charge in [0.25, 0.3) is 0 Å². The zero-order valence-corrected chi connectivity index (χ0v) is 12.7. The summed E-state index contributed by atoms with van der Waals surface area (Å²) in [5.74, 6) is 0.707. The van der Waals surface area contributed by atoms with E-state index < -0.39 is 5.41 Å². The van der Waals surface area contributed by atoms with Gasteiger partial charge in [-0.1, -0.05) is 35.7 Å². The average molecular weight is 313 g/mol. The van der Waals surface area contributed by atoms with Crippen LogP contribution in [0.2, 0.25) is 10.0 Å². The topological polar surface area (TPSA) is 41.1 Å². The third-order valence-corrected chi connectivity index (χ3v) is 5.27. The first-order valence-corrected chi connectivity index (χ1v) is 7.82. The van der Waals surface area contributed by atoms with Gasteiger partial charge in [-0.05, 0) is 30.5 Å². The standard InChI is InChI=1S/C15H18Cl2N2O/c16-12-3-2-11(6-13(12)17)15(4-1-5-15)14(20)19-9-10-7-18-8-10/h2-3,6,10,18H,1,4-5,7-9H2,(H,19,20). The summed E-state index contributed by atoms with van der Waals surface area (Å²) in [5.41, 5.74) is 0.591. The largest absolute Gasteiger partial charge is 0.355 e. The van der Waals surface area contributed by atoms with Crippen molar-refractivity contribution in [2.45, 2.75) is 24.7 Å². The van der Waals surface area contributed by atoms with Crippen LogP contribution in [0, 0.1) is 5.92 Å². The molecule has 20 heavy (non-hydrogen) atoms. The van der Waals surface area contributed by atoms with Crippen molar-refractivity contribution in [3.8, 4) is 0 Å². The zero-order valence-electron chi connectivity index (χ0n) is 11.2. The predicted octanol–water partition coefficient (Wildman–Crippen LogP) is 2.75. The molecule has 0 radical (unpaired) electrons. The molecule has 1 amide bonds. The third-order valence-electron chi connectivity index (χ3n) is 4.53. The van der Waals surface area contributed by atoms with E-state index in [9.17, 15) is 4.79 Å². The fourth-order valence-electron chi connectivity index (χ4n) is 2.87. The normalized spacial score (nSPS) is 20.9. The van der Waals surface area contributed by atoms with Gasteiger partial charge in [0.2, 0.25) is 5.91 Å². The quantitative estimate of drug-likeness (QED) is 0.897. The molecule has 108 valence electrons. The van der Waals surface area contributed by atoms with E-state index in [2.05, 4.69) is 10.6 Å². The summed E-state index contributed by atoms with van der Waals surface area (Å²) in [6, 6.07) is 5.55. The monoisotopic (exact) mass is 312 g/mol. The summed E-state index contributed by atoms with van der Waals surface area (Å²) >= 11 is 12.1. The molecule has 2 N–H and O–H groups in total. The number of carbonyl (C=O) groups excluding carboxylic acids is 1. The van der Waals surface area contributed by atoms with E-state index >= 15 is 0 Å². The van der Waals surface area contributed by atoms with E-state index in [1.54, 1.807) is 6.07 Å². The molecule has 1 saturated heterocycles. The average Bonchev–Trinajstić information content (AvgIpc) is 2.30. The zero-order chi connectivity index (χ0) is 14.2. The number of hydrogen-bond acceptors (Lipinski definition) is 2. The van der Waals surface area contributed by atoms with E-state index in [0.717, 1.165) is 44.5 Å². The first kappa shape index (κ1) is 14.2. The second-order valence-electron chi connectivity index (χ2n) is 5.80. The van der Waals surface area contributed by atoms with Gasteiger partial charge < -0.3 is 10.6 Å². The number of amides is 1. The van der Waals surface area contributed by atoms with Gasteiger partial charge in [-0.15, -0.1) is 0 Å². The van der Waals surface area contributed by atoms with E-state index in [1.165, 1.54) is 0 Å². The Labute approximate surface area is 129 Å². The van der Waals surface area contributed by atoms with Crippen LogP contribution in [0.1, 0.15) is 24.8 Å². The molecule has 0 unspecified atom stereocenters. The summed E-state index contributed by atoms with van der Waals surface area (Å²) < 4.78 is 0. The SMILES string of the molecule is O=C(NCC1CNC1)C1(c2ccc(Cl)c(Cl)c2)CCC1. The molecule has 2 aliphatic rings. The molecular formula is C15H18Cl2N2O. The van der Waals surface area contributed by atoms with Crippen molar-refractivity contribution in [1.82, 2.24) is 10.6 Å². The van der Waals surface area contributed by atoms with Crippen LogP contribution < -0.4 is 10.6 Å². The fourth-order valence-corrected chi connectivity index (χ4v) is 3.17. The molecule has 0 bridgehead atoms. The van der Waals surface area contributed by atoms with E-state index in [-0.39, 0.29) is 5.91 Å². The lowest BCUT2D eigenvalue weighted by atomic mass is 9.63.